The molecule has 5 heteroatoms. The molecule has 0 N–H and O–H groups in total. The molecule has 1 saturated heterocycles. The van der Waals surface area contributed by atoms with E-state index < -0.39 is 0 Å². The number of rotatable bonds is 5. The predicted molar refractivity (Wildman–Crippen MR) is 111 cm³/mol. The van der Waals surface area contributed by atoms with Gasteiger partial charge < -0.3 is 14.5 Å². The highest BCUT2D eigenvalue weighted by molar-refractivity contribution is 6.01. The molecule has 3 rings (SSSR count). The van der Waals surface area contributed by atoms with E-state index in [4.69, 9.17) is 4.74 Å². The van der Waals surface area contributed by atoms with Crippen molar-refractivity contribution in [3.8, 4) is 11.8 Å². The standard InChI is InChI=1S/C23H25N3O2/c1-3-18-4-6-19(7-5-18)16-20(17-24)23(27)26-14-12-25(13-15-26)21-8-10-22(28-2)11-9-21/h4-11,16H,3,12-15H2,1-2H3/b20-16+. The first-order valence-electron chi connectivity index (χ1n) is 9.53. The minimum atomic E-state index is -0.198. The third kappa shape index (κ3) is 4.52. The zero-order chi connectivity index (χ0) is 19.9. The number of methoxy groups -OCH3 is 1. The summed E-state index contributed by atoms with van der Waals surface area (Å²) in [4.78, 5) is 16.8. The maximum atomic E-state index is 12.8. The van der Waals surface area contributed by atoms with E-state index in [1.807, 2.05) is 48.5 Å². The summed E-state index contributed by atoms with van der Waals surface area (Å²) in [6.07, 6.45) is 2.64. The Labute approximate surface area is 166 Å². The van der Waals surface area contributed by atoms with Crippen molar-refractivity contribution in [1.29, 1.82) is 5.26 Å². The fraction of sp³-hybridized carbons (Fsp3) is 0.304. The molecule has 0 radical (unpaired) electrons. The van der Waals surface area contributed by atoms with E-state index in [9.17, 15) is 10.1 Å². The van der Waals surface area contributed by atoms with Gasteiger partial charge in [0.1, 0.15) is 17.4 Å². The van der Waals surface area contributed by atoms with Crippen molar-refractivity contribution in [1.82, 2.24) is 4.90 Å². The van der Waals surface area contributed by atoms with Gasteiger partial charge >= 0.3 is 0 Å². The number of ether oxygens (including phenoxy) is 1. The Kier molecular flexibility index (Phi) is 6.33. The zero-order valence-corrected chi connectivity index (χ0v) is 16.4. The molecule has 0 saturated carbocycles. The maximum absolute atomic E-state index is 12.8. The molecule has 1 aliphatic heterocycles. The van der Waals surface area contributed by atoms with Crippen LogP contribution in [-0.2, 0) is 11.2 Å². The third-order valence-electron chi connectivity index (χ3n) is 5.05. The molecule has 5 nitrogen and oxygen atoms in total. The number of hydrogen-bond acceptors (Lipinski definition) is 4. The van der Waals surface area contributed by atoms with E-state index in [1.54, 1.807) is 18.1 Å². The van der Waals surface area contributed by atoms with E-state index in [1.165, 1.54) is 5.56 Å². The molecule has 144 valence electrons. The quantitative estimate of drug-likeness (QED) is 0.593. The van der Waals surface area contributed by atoms with E-state index in [0.29, 0.717) is 13.1 Å². The Balaban J connectivity index is 1.64. The summed E-state index contributed by atoms with van der Waals surface area (Å²) in [5, 5.41) is 9.48. The molecule has 1 amide bonds. The minimum absolute atomic E-state index is 0.183. The molecule has 2 aromatic carbocycles. The van der Waals surface area contributed by atoms with Crippen LogP contribution < -0.4 is 9.64 Å². The lowest BCUT2D eigenvalue weighted by atomic mass is 10.1. The number of carbonyl (C=O) groups is 1. The monoisotopic (exact) mass is 375 g/mol. The molecule has 0 atom stereocenters. The van der Waals surface area contributed by atoms with Gasteiger partial charge in [-0.2, -0.15) is 5.26 Å². The van der Waals surface area contributed by atoms with Crippen LogP contribution in [0.3, 0.4) is 0 Å². The average molecular weight is 375 g/mol. The van der Waals surface area contributed by atoms with Crippen LogP contribution >= 0.6 is 0 Å². The molecule has 0 unspecified atom stereocenters. The second-order valence-electron chi connectivity index (χ2n) is 6.74. The van der Waals surface area contributed by atoms with Crippen molar-refractivity contribution in [2.24, 2.45) is 0 Å². The second-order valence-corrected chi connectivity index (χ2v) is 6.74. The van der Waals surface area contributed by atoms with Gasteiger partial charge in [-0.25, -0.2) is 0 Å². The number of carbonyl (C=O) groups excluding carboxylic acids is 1. The Morgan fingerprint density at radius 1 is 1.07 bits per heavy atom. The summed E-state index contributed by atoms with van der Waals surface area (Å²) in [5.41, 5.74) is 3.40. The molecule has 0 aliphatic carbocycles. The van der Waals surface area contributed by atoms with Crippen molar-refractivity contribution in [2.75, 3.05) is 38.2 Å². The van der Waals surface area contributed by atoms with Crippen molar-refractivity contribution in [3.63, 3.8) is 0 Å². The number of anilines is 1. The zero-order valence-electron chi connectivity index (χ0n) is 16.4. The van der Waals surface area contributed by atoms with Crippen molar-refractivity contribution in [3.05, 3.63) is 65.2 Å². The summed E-state index contributed by atoms with van der Waals surface area (Å²) >= 11 is 0. The third-order valence-corrected chi connectivity index (χ3v) is 5.05. The van der Waals surface area contributed by atoms with Gasteiger partial charge in [-0.1, -0.05) is 31.2 Å². The van der Waals surface area contributed by atoms with Crippen LogP contribution in [0.25, 0.3) is 6.08 Å². The van der Waals surface area contributed by atoms with Crippen LogP contribution in [-0.4, -0.2) is 44.1 Å². The van der Waals surface area contributed by atoms with Gasteiger partial charge in [0, 0.05) is 31.9 Å². The largest absolute Gasteiger partial charge is 0.497 e. The topological polar surface area (TPSA) is 56.6 Å². The number of amides is 1. The number of piperazine rings is 1. The van der Waals surface area contributed by atoms with Crippen LogP contribution in [0.4, 0.5) is 5.69 Å². The van der Waals surface area contributed by atoms with Gasteiger partial charge in [0.25, 0.3) is 5.91 Å². The fourth-order valence-corrected chi connectivity index (χ4v) is 3.29. The van der Waals surface area contributed by atoms with Crippen molar-refractivity contribution < 1.29 is 9.53 Å². The lowest BCUT2D eigenvalue weighted by Crippen LogP contribution is -2.49. The Morgan fingerprint density at radius 2 is 1.71 bits per heavy atom. The molecule has 0 spiro atoms. The Bertz CT molecular complexity index is 872. The van der Waals surface area contributed by atoms with Gasteiger partial charge in [-0.15, -0.1) is 0 Å². The number of nitriles is 1. The van der Waals surface area contributed by atoms with Crippen LogP contribution in [0.15, 0.2) is 54.1 Å². The summed E-state index contributed by atoms with van der Waals surface area (Å²) in [6, 6.07) is 18.0. The molecule has 1 aliphatic rings. The first kappa shape index (κ1) is 19.5. The predicted octanol–water partition coefficient (Wildman–Crippen LogP) is 3.51. The number of benzene rings is 2. The summed E-state index contributed by atoms with van der Waals surface area (Å²) in [6.45, 7) is 4.77. The highest BCUT2D eigenvalue weighted by Gasteiger charge is 2.23. The number of nitrogens with zero attached hydrogens (tertiary/aromatic N) is 3. The summed E-state index contributed by atoms with van der Waals surface area (Å²) < 4.78 is 5.20. The van der Waals surface area contributed by atoms with E-state index >= 15 is 0 Å². The first-order chi connectivity index (χ1) is 13.6. The highest BCUT2D eigenvalue weighted by Crippen LogP contribution is 2.21. The molecule has 1 fully saturated rings. The van der Waals surface area contributed by atoms with Crippen molar-refractivity contribution >= 4 is 17.7 Å². The van der Waals surface area contributed by atoms with E-state index in [2.05, 4.69) is 17.9 Å². The molecular weight excluding hydrogens is 350 g/mol. The normalized spacial score (nSPS) is 14.5. The minimum Gasteiger partial charge on any atom is -0.497 e. The Hall–Kier alpha value is -3.26. The lowest BCUT2D eigenvalue weighted by Gasteiger charge is -2.36. The lowest BCUT2D eigenvalue weighted by molar-refractivity contribution is -0.126. The van der Waals surface area contributed by atoms with Crippen LogP contribution in [0, 0.1) is 11.3 Å². The smallest absolute Gasteiger partial charge is 0.264 e. The summed E-state index contributed by atoms with van der Waals surface area (Å²) in [7, 11) is 1.65. The second kappa shape index (κ2) is 9.09. The van der Waals surface area contributed by atoms with Crippen LogP contribution in [0.2, 0.25) is 0 Å². The first-order valence-corrected chi connectivity index (χ1v) is 9.53. The molecule has 0 bridgehead atoms. The number of aryl methyl sites for hydroxylation is 1. The van der Waals surface area contributed by atoms with Crippen LogP contribution in [0.1, 0.15) is 18.1 Å². The highest BCUT2D eigenvalue weighted by atomic mass is 16.5. The fourth-order valence-electron chi connectivity index (χ4n) is 3.29. The molecular formula is C23H25N3O2. The maximum Gasteiger partial charge on any atom is 0.264 e. The number of hydrogen-bond donors (Lipinski definition) is 0. The van der Waals surface area contributed by atoms with Gasteiger partial charge in [-0.05, 0) is 47.9 Å². The molecule has 2 aromatic rings. The van der Waals surface area contributed by atoms with Crippen molar-refractivity contribution in [2.45, 2.75) is 13.3 Å². The van der Waals surface area contributed by atoms with Gasteiger partial charge in [0.05, 0.1) is 7.11 Å². The summed E-state index contributed by atoms with van der Waals surface area (Å²) in [5.74, 6) is 0.629. The Morgan fingerprint density at radius 3 is 2.25 bits per heavy atom. The van der Waals surface area contributed by atoms with Gasteiger partial charge in [0.15, 0.2) is 0 Å². The average Bonchev–Trinajstić information content (AvgIpc) is 2.77. The SMILES string of the molecule is CCc1ccc(/C=C(\C#N)C(=O)N2CCN(c3ccc(OC)cc3)CC2)cc1. The van der Waals surface area contributed by atoms with E-state index in [0.717, 1.165) is 36.5 Å². The molecule has 1 heterocycles. The molecule has 0 aromatic heterocycles. The van der Waals surface area contributed by atoms with Crippen LogP contribution in [0.5, 0.6) is 5.75 Å². The van der Waals surface area contributed by atoms with Gasteiger partial charge in [-0.3, -0.25) is 4.79 Å². The van der Waals surface area contributed by atoms with Gasteiger partial charge in [0.2, 0.25) is 0 Å². The molecule has 28 heavy (non-hydrogen) atoms. The van der Waals surface area contributed by atoms with E-state index in [-0.39, 0.29) is 11.5 Å².